The van der Waals surface area contributed by atoms with Gasteiger partial charge >= 0.3 is 0 Å². The molecular weight excluding hydrogens is 266 g/mol. The van der Waals surface area contributed by atoms with E-state index in [1.807, 2.05) is 7.05 Å². The molecule has 0 aliphatic heterocycles. The van der Waals surface area contributed by atoms with Gasteiger partial charge in [-0.25, -0.2) is 9.97 Å². The molecule has 0 saturated heterocycles. The molecule has 0 aliphatic carbocycles. The number of nitrogens with one attached hydrogen (secondary N) is 1. The lowest BCUT2D eigenvalue weighted by Crippen LogP contribution is -2.19. The van der Waals surface area contributed by atoms with Gasteiger partial charge in [0.05, 0.1) is 0 Å². The van der Waals surface area contributed by atoms with Crippen LogP contribution in [0.25, 0.3) is 0 Å². The van der Waals surface area contributed by atoms with Gasteiger partial charge in [-0.2, -0.15) is 0 Å². The molecule has 0 spiro atoms. The molecule has 0 amide bonds. The molecule has 2 heterocycles. The number of hydrogen-bond acceptors (Lipinski definition) is 4. The molecule has 2 rings (SSSR count). The maximum atomic E-state index is 4.70. The van der Waals surface area contributed by atoms with Crippen LogP contribution in [0.4, 0.5) is 0 Å². The molecular formula is C16H23N3S. The predicted molar refractivity (Wildman–Crippen MR) is 85.4 cm³/mol. The van der Waals surface area contributed by atoms with Gasteiger partial charge in [-0.15, -0.1) is 11.3 Å². The molecule has 1 atom stereocenters. The summed E-state index contributed by atoms with van der Waals surface area (Å²) >= 11 is 1.76. The van der Waals surface area contributed by atoms with E-state index in [9.17, 15) is 0 Å². The molecule has 3 nitrogen and oxygen atoms in total. The van der Waals surface area contributed by atoms with Crippen LogP contribution >= 0.6 is 11.3 Å². The van der Waals surface area contributed by atoms with Crippen LogP contribution in [0.15, 0.2) is 17.5 Å². The van der Waals surface area contributed by atoms with E-state index in [0.29, 0.717) is 5.92 Å². The predicted octanol–water partition coefficient (Wildman–Crippen LogP) is 3.14. The average molecular weight is 289 g/mol. The summed E-state index contributed by atoms with van der Waals surface area (Å²) in [4.78, 5) is 10.7. The second-order valence-electron chi connectivity index (χ2n) is 5.41. The van der Waals surface area contributed by atoms with Crippen molar-refractivity contribution >= 4 is 11.3 Å². The van der Waals surface area contributed by atoms with Crippen LogP contribution < -0.4 is 5.32 Å². The zero-order valence-electron chi connectivity index (χ0n) is 12.7. The van der Waals surface area contributed by atoms with Crippen molar-refractivity contribution in [2.24, 2.45) is 5.92 Å². The fraction of sp³-hybridized carbons (Fsp3) is 0.500. The quantitative estimate of drug-likeness (QED) is 0.888. The van der Waals surface area contributed by atoms with Crippen LogP contribution in [-0.4, -0.2) is 23.6 Å². The second kappa shape index (κ2) is 6.95. The van der Waals surface area contributed by atoms with Crippen molar-refractivity contribution in [2.75, 3.05) is 13.6 Å². The van der Waals surface area contributed by atoms with Crippen molar-refractivity contribution in [1.29, 1.82) is 0 Å². The van der Waals surface area contributed by atoms with Gasteiger partial charge in [-0.05, 0) is 56.8 Å². The number of hydrogen-bond donors (Lipinski definition) is 1. The van der Waals surface area contributed by atoms with E-state index in [2.05, 4.69) is 43.6 Å². The second-order valence-corrected chi connectivity index (χ2v) is 6.44. The van der Waals surface area contributed by atoms with Crippen molar-refractivity contribution in [1.82, 2.24) is 15.3 Å². The molecule has 0 aliphatic rings. The summed E-state index contributed by atoms with van der Waals surface area (Å²) in [5.74, 6) is 1.54. The lowest BCUT2D eigenvalue weighted by Gasteiger charge is -2.15. The maximum absolute atomic E-state index is 4.70. The van der Waals surface area contributed by atoms with Crippen molar-refractivity contribution in [3.63, 3.8) is 0 Å². The number of thiophene rings is 1. The molecule has 0 bridgehead atoms. The Labute approximate surface area is 125 Å². The van der Waals surface area contributed by atoms with Gasteiger partial charge in [-0.3, -0.25) is 0 Å². The van der Waals surface area contributed by atoms with Gasteiger partial charge < -0.3 is 5.32 Å². The Morgan fingerprint density at radius 1 is 1.25 bits per heavy atom. The summed E-state index contributed by atoms with van der Waals surface area (Å²) in [5, 5.41) is 5.33. The van der Waals surface area contributed by atoms with Crippen LogP contribution in [0.5, 0.6) is 0 Å². The van der Waals surface area contributed by atoms with Crippen molar-refractivity contribution in [3.05, 3.63) is 45.2 Å². The van der Waals surface area contributed by atoms with Crippen molar-refractivity contribution < 1.29 is 0 Å². The zero-order chi connectivity index (χ0) is 14.5. The normalized spacial score (nSPS) is 12.6. The van der Waals surface area contributed by atoms with Gasteiger partial charge in [-0.1, -0.05) is 13.0 Å². The Bertz CT molecular complexity index is 526. The highest BCUT2D eigenvalue weighted by Crippen LogP contribution is 2.18. The fourth-order valence-corrected chi connectivity index (χ4v) is 3.22. The van der Waals surface area contributed by atoms with Crippen LogP contribution in [0, 0.1) is 19.8 Å². The highest BCUT2D eigenvalue weighted by atomic mass is 32.1. The summed E-state index contributed by atoms with van der Waals surface area (Å²) in [6.45, 7) is 7.49. The molecule has 2 aromatic rings. The average Bonchev–Trinajstić information content (AvgIpc) is 2.87. The SMILES string of the molecule is CNCC(C)Cc1c(C)nc(Cc2cccs2)nc1C. The first-order valence-electron chi connectivity index (χ1n) is 7.10. The summed E-state index contributed by atoms with van der Waals surface area (Å²) < 4.78 is 0. The topological polar surface area (TPSA) is 37.8 Å². The Morgan fingerprint density at radius 2 is 1.95 bits per heavy atom. The third-order valence-electron chi connectivity index (χ3n) is 3.48. The summed E-state index contributed by atoms with van der Waals surface area (Å²) in [5.41, 5.74) is 3.57. The van der Waals surface area contributed by atoms with Gasteiger partial charge in [0.25, 0.3) is 0 Å². The minimum absolute atomic E-state index is 0.601. The smallest absolute Gasteiger partial charge is 0.134 e. The molecule has 0 radical (unpaired) electrons. The number of aryl methyl sites for hydroxylation is 2. The third-order valence-corrected chi connectivity index (χ3v) is 4.36. The largest absolute Gasteiger partial charge is 0.319 e. The Balaban J connectivity index is 2.16. The fourth-order valence-electron chi connectivity index (χ4n) is 2.52. The van der Waals surface area contributed by atoms with Crippen LogP contribution in [0.3, 0.4) is 0 Å². The monoisotopic (exact) mass is 289 g/mol. The number of nitrogens with zero attached hydrogens (tertiary/aromatic N) is 2. The van der Waals surface area contributed by atoms with Gasteiger partial charge in [0.15, 0.2) is 0 Å². The highest BCUT2D eigenvalue weighted by molar-refractivity contribution is 7.09. The van der Waals surface area contributed by atoms with Crippen molar-refractivity contribution in [2.45, 2.75) is 33.6 Å². The molecule has 0 aromatic carbocycles. The first-order chi connectivity index (χ1) is 9.60. The zero-order valence-corrected chi connectivity index (χ0v) is 13.5. The minimum atomic E-state index is 0.601. The van der Waals surface area contributed by atoms with Gasteiger partial charge in [0.1, 0.15) is 5.82 Å². The molecule has 108 valence electrons. The molecule has 0 fully saturated rings. The standard InChI is InChI=1S/C16H23N3S/c1-11(10-17-4)8-15-12(2)18-16(19-13(15)3)9-14-6-5-7-20-14/h5-7,11,17H,8-10H2,1-4H3. The van der Waals surface area contributed by atoms with Crippen LogP contribution in [0.1, 0.15) is 34.6 Å². The summed E-state index contributed by atoms with van der Waals surface area (Å²) in [7, 11) is 2.00. The maximum Gasteiger partial charge on any atom is 0.134 e. The molecule has 4 heteroatoms. The Kier molecular flexibility index (Phi) is 5.26. The Hall–Kier alpha value is -1.26. The van der Waals surface area contributed by atoms with E-state index in [-0.39, 0.29) is 0 Å². The molecule has 2 aromatic heterocycles. The summed E-state index contributed by atoms with van der Waals surface area (Å²) in [6.07, 6.45) is 1.88. The molecule has 1 N–H and O–H groups in total. The molecule has 1 unspecified atom stereocenters. The number of aromatic nitrogens is 2. The first-order valence-corrected chi connectivity index (χ1v) is 7.98. The molecule has 0 saturated carbocycles. The highest BCUT2D eigenvalue weighted by Gasteiger charge is 2.12. The molecule has 20 heavy (non-hydrogen) atoms. The van der Waals surface area contributed by atoms with E-state index in [1.165, 1.54) is 10.4 Å². The summed E-state index contributed by atoms with van der Waals surface area (Å²) in [6, 6.07) is 4.22. The van der Waals surface area contributed by atoms with Crippen molar-refractivity contribution in [3.8, 4) is 0 Å². The third kappa shape index (κ3) is 3.87. The van der Waals surface area contributed by atoms with Gasteiger partial charge in [0.2, 0.25) is 0 Å². The van der Waals surface area contributed by atoms with E-state index in [0.717, 1.165) is 36.6 Å². The lowest BCUT2D eigenvalue weighted by molar-refractivity contribution is 0.536. The van der Waals surface area contributed by atoms with E-state index in [4.69, 9.17) is 9.97 Å². The van der Waals surface area contributed by atoms with Crippen LogP contribution in [0.2, 0.25) is 0 Å². The number of rotatable bonds is 6. The van der Waals surface area contributed by atoms with Gasteiger partial charge in [0, 0.05) is 22.7 Å². The van der Waals surface area contributed by atoms with E-state index in [1.54, 1.807) is 11.3 Å². The first kappa shape index (κ1) is 15.1. The lowest BCUT2D eigenvalue weighted by atomic mass is 9.98. The Morgan fingerprint density at radius 3 is 2.50 bits per heavy atom. The van der Waals surface area contributed by atoms with Crippen LogP contribution in [-0.2, 0) is 12.8 Å². The minimum Gasteiger partial charge on any atom is -0.319 e. The van der Waals surface area contributed by atoms with E-state index >= 15 is 0 Å². The van der Waals surface area contributed by atoms with E-state index < -0.39 is 0 Å².